The third kappa shape index (κ3) is 4.53. The lowest BCUT2D eigenvalue weighted by molar-refractivity contribution is -0.115. The molecule has 1 aliphatic heterocycles. The van der Waals surface area contributed by atoms with Crippen LogP contribution in [0.25, 0.3) is 0 Å². The molecule has 0 atom stereocenters. The summed E-state index contributed by atoms with van der Waals surface area (Å²) in [5.41, 5.74) is 4.26. The molecule has 1 fully saturated rings. The Bertz CT molecular complexity index is 973. The van der Waals surface area contributed by atoms with Crippen LogP contribution in [-0.2, 0) is 11.2 Å². The van der Waals surface area contributed by atoms with Crippen LogP contribution in [0.1, 0.15) is 29.9 Å². The Labute approximate surface area is 169 Å². The number of carbonyl (C=O) groups is 1. The zero-order valence-electron chi connectivity index (χ0n) is 16.6. The first-order chi connectivity index (χ1) is 14.1. The summed E-state index contributed by atoms with van der Waals surface area (Å²) in [5.74, 6) is 1.27. The van der Waals surface area contributed by atoms with Gasteiger partial charge in [0.2, 0.25) is 5.91 Å². The first-order valence-electron chi connectivity index (χ1n) is 9.75. The Morgan fingerprint density at radius 2 is 1.86 bits per heavy atom. The topological polar surface area (TPSA) is 96.2 Å². The van der Waals surface area contributed by atoms with E-state index in [-0.39, 0.29) is 12.3 Å². The largest absolute Gasteiger partial charge is 0.370 e. The number of aryl methyl sites for hydroxylation is 2. The maximum absolute atomic E-state index is 12.3. The van der Waals surface area contributed by atoms with Crippen molar-refractivity contribution in [1.29, 1.82) is 0 Å². The highest BCUT2D eigenvalue weighted by molar-refractivity contribution is 5.92. The molecule has 4 rings (SSSR count). The summed E-state index contributed by atoms with van der Waals surface area (Å²) in [6.45, 7) is 5.77. The van der Waals surface area contributed by atoms with Crippen LogP contribution in [0, 0.1) is 13.8 Å². The van der Waals surface area contributed by atoms with E-state index >= 15 is 0 Å². The summed E-state index contributed by atoms with van der Waals surface area (Å²) in [6, 6.07) is 9.51. The van der Waals surface area contributed by atoms with E-state index in [1.165, 1.54) is 12.8 Å². The van der Waals surface area contributed by atoms with Crippen molar-refractivity contribution in [2.24, 2.45) is 0 Å². The van der Waals surface area contributed by atoms with Crippen LogP contribution < -0.4 is 15.5 Å². The number of rotatable bonds is 6. The van der Waals surface area contributed by atoms with Gasteiger partial charge in [-0.2, -0.15) is 5.10 Å². The van der Waals surface area contributed by atoms with Gasteiger partial charge in [-0.1, -0.05) is 5.16 Å². The minimum Gasteiger partial charge on any atom is -0.370 e. The highest BCUT2D eigenvalue weighted by Gasteiger charge is 2.14. The molecule has 8 heteroatoms. The lowest BCUT2D eigenvalue weighted by Crippen LogP contribution is -2.18. The van der Waals surface area contributed by atoms with E-state index in [4.69, 9.17) is 4.52 Å². The molecule has 1 aromatic carbocycles. The first kappa shape index (κ1) is 18.9. The van der Waals surface area contributed by atoms with Gasteiger partial charge in [-0.15, -0.1) is 5.10 Å². The Morgan fingerprint density at radius 1 is 1.14 bits per heavy atom. The molecule has 150 valence electrons. The molecule has 8 nitrogen and oxygen atoms in total. The molecule has 29 heavy (non-hydrogen) atoms. The number of hydrogen-bond donors (Lipinski definition) is 2. The maximum atomic E-state index is 12.3. The third-order valence-corrected chi connectivity index (χ3v) is 5.07. The van der Waals surface area contributed by atoms with E-state index in [0.717, 1.165) is 41.4 Å². The van der Waals surface area contributed by atoms with Gasteiger partial charge in [-0.25, -0.2) is 0 Å². The van der Waals surface area contributed by atoms with Gasteiger partial charge in [0.25, 0.3) is 0 Å². The molecule has 1 aliphatic rings. The zero-order chi connectivity index (χ0) is 20.2. The summed E-state index contributed by atoms with van der Waals surface area (Å²) < 4.78 is 5.11. The van der Waals surface area contributed by atoms with E-state index in [2.05, 4.69) is 30.9 Å². The van der Waals surface area contributed by atoms with E-state index in [9.17, 15) is 4.79 Å². The van der Waals surface area contributed by atoms with Crippen molar-refractivity contribution in [1.82, 2.24) is 15.4 Å². The lowest BCUT2D eigenvalue weighted by atomic mass is 10.1. The smallest absolute Gasteiger partial charge is 0.228 e. The molecular formula is C21H24N6O2. The van der Waals surface area contributed by atoms with Gasteiger partial charge < -0.3 is 20.1 Å². The van der Waals surface area contributed by atoms with Gasteiger partial charge in [0.05, 0.1) is 24.0 Å². The zero-order valence-corrected chi connectivity index (χ0v) is 16.6. The van der Waals surface area contributed by atoms with E-state index < -0.39 is 0 Å². The van der Waals surface area contributed by atoms with Crippen LogP contribution in [0.5, 0.6) is 0 Å². The molecule has 0 saturated carbocycles. The number of carbonyl (C=O) groups excluding carboxylic acids is 1. The predicted octanol–water partition coefficient (Wildman–Crippen LogP) is 3.61. The van der Waals surface area contributed by atoms with Crippen LogP contribution in [0.3, 0.4) is 0 Å². The Hall–Kier alpha value is -3.42. The molecule has 2 aromatic heterocycles. The summed E-state index contributed by atoms with van der Waals surface area (Å²) in [7, 11) is 0. The van der Waals surface area contributed by atoms with Crippen molar-refractivity contribution >= 4 is 28.8 Å². The summed E-state index contributed by atoms with van der Waals surface area (Å²) in [5, 5.41) is 18.3. The second kappa shape index (κ2) is 8.30. The molecular weight excluding hydrogens is 368 g/mol. The summed E-state index contributed by atoms with van der Waals surface area (Å²) >= 11 is 0. The monoisotopic (exact) mass is 392 g/mol. The number of hydrogen-bond acceptors (Lipinski definition) is 7. The highest BCUT2D eigenvalue weighted by atomic mass is 16.5. The average molecular weight is 392 g/mol. The van der Waals surface area contributed by atoms with Crippen molar-refractivity contribution in [3.8, 4) is 0 Å². The Morgan fingerprint density at radius 3 is 2.55 bits per heavy atom. The number of amides is 1. The van der Waals surface area contributed by atoms with Gasteiger partial charge in [-0.05, 0) is 51.0 Å². The molecule has 3 aromatic rings. The van der Waals surface area contributed by atoms with Crippen LogP contribution in [0.15, 0.2) is 41.1 Å². The number of nitrogens with zero attached hydrogens (tertiary/aromatic N) is 4. The van der Waals surface area contributed by atoms with E-state index in [0.29, 0.717) is 11.6 Å². The third-order valence-electron chi connectivity index (χ3n) is 5.07. The quantitative estimate of drug-likeness (QED) is 0.661. The number of aromatic nitrogens is 3. The molecule has 1 amide bonds. The van der Waals surface area contributed by atoms with Crippen molar-refractivity contribution in [2.75, 3.05) is 28.6 Å². The number of nitrogens with one attached hydrogen (secondary N) is 2. The maximum Gasteiger partial charge on any atom is 0.228 e. The SMILES string of the molecule is Cc1noc(C)c1CC(=O)Nc1ccc(Nc2cc(N3CCCC3)cnn2)cc1. The number of anilines is 4. The molecule has 0 unspecified atom stereocenters. The van der Waals surface area contributed by atoms with Gasteiger partial charge in [-0.3, -0.25) is 4.79 Å². The van der Waals surface area contributed by atoms with Gasteiger partial charge in [0, 0.05) is 36.1 Å². The summed E-state index contributed by atoms with van der Waals surface area (Å²) in [4.78, 5) is 14.6. The fourth-order valence-electron chi connectivity index (χ4n) is 3.47. The summed E-state index contributed by atoms with van der Waals surface area (Å²) in [6.07, 6.45) is 4.47. The van der Waals surface area contributed by atoms with E-state index in [1.807, 2.05) is 44.2 Å². The Balaban J connectivity index is 1.37. The van der Waals surface area contributed by atoms with E-state index in [1.54, 1.807) is 6.20 Å². The molecule has 3 heterocycles. The fraction of sp³-hybridized carbons (Fsp3) is 0.333. The minimum absolute atomic E-state index is 0.107. The lowest BCUT2D eigenvalue weighted by Gasteiger charge is -2.17. The molecule has 0 radical (unpaired) electrons. The molecule has 0 aliphatic carbocycles. The van der Waals surface area contributed by atoms with Crippen LogP contribution >= 0.6 is 0 Å². The van der Waals surface area contributed by atoms with Crippen molar-refractivity contribution in [3.63, 3.8) is 0 Å². The van der Waals surface area contributed by atoms with Crippen molar-refractivity contribution < 1.29 is 9.32 Å². The molecule has 2 N–H and O–H groups in total. The standard InChI is InChI=1S/C21H24N6O2/c1-14-19(15(2)29-26-14)12-21(28)24-17-7-5-16(6-8-17)23-20-11-18(13-22-25-20)27-9-3-4-10-27/h5-8,11,13H,3-4,9-10,12H2,1-2H3,(H,23,25)(H,24,28). The number of benzene rings is 1. The highest BCUT2D eigenvalue weighted by Crippen LogP contribution is 2.23. The van der Waals surface area contributed by atoms with Crippen molar-refractivity contribution in [3.05, 3.63) is 53.5 Å². The van der Waals surface area contributed by atoms with Gasteiger partial charge >= 0.3 is 0 Å². The first-order valence-corrected chi connectivity index (χ1v) is 9.75. The minimum atomic E-state index is -0.107. The molecule has 0 bridgehead atoms. The van der Waals surface area contributed by atoms with Gasteiger partial charge in [0.15, 0.2) is 5.82 Å². The predicted molar refractivity (Wildman–Crippen MR) is 112 cm³/mol. The van der Waals surface area contributed by atoms with Crippen molar-refractivity contribution in [2.45, 2.75) is 33.1 Å². The Kier molecular flexibility index (Phi) is 5.41. The molecule has 1 saturated heterocycles. The van der Waals surface area contributed by atoms with Crippen LogP contribution in [-0.4, -0.2) is 34.4 Å². The van der Waals surface area contributed by atoms with Gasteiger partial charge in [0.1, 0.15) is 5.76 Å². The average Bonchev–Trinajstić information content (AvgIpc) is 3.36. The van der Waals surface area contributed by atoms with Crippen LogP contribution in [0.2, 0.25) is 0 Å². The second-order valence-electron chi connectivity index (χ2n) is 7.22. The second-order valence-corrected chi connectivity index (χ2v) is 7.22. The normalized spacial score (nSPS) is 13.5. The van der Waals surface area contributed by atoms with Crippen LogP contribution in [0.4, 0.5) is 22.9 Å². The molecule has 0 spiro atoms. The fourth-order valence-corrected chi connectivity index (χ4v) is 3.47.